The Bertz CT molecular complexity index is 231. The van der Waals surface area contributed by atoms with Crippen molar-refractivity contribution in [2.75, 3.05) is 19.3 Å². The quantitative estimate of drug-likeness (QED) is 0.666. The number of hydrogen-bond donors (Lipinski definition) is 0. The lowest BCUT2D eigenvalue weighted by Gasteiger charge is -2.30. The molecule has 0 atom stereocenters. The van der Waals surface area contributed by atoms with Gasteiger partial charge in [-0.15, -0.1) is 0 Å². The highest BCUT2D eigenvalue weighted by Crippen LogP contribution is 2.27. The van der Waals surface area contributed by atoms with Gasteiger partial charge in [0, 0.05) is 13.1 Å². The fourth-order valence-electron chi connectivity index (χ4n) is 1.46. The zero-order chi connectivity index (χ0) is 9.19. The molecule has 0 bridgehead atoms. The standard InChI is InChI=1S/C8H17NO2S/c1-3-9(12(2,10)11)7-8-5-4-6-8/h8H,3-7H2,1-2H3. The van der Waals surface area contributed by atoms with Crippen molar-refractivity contribution >= 4 is 10.0 Å². The van der Waals surface area contributed by atoms with E-state index in [1.807, 2.05) is 6.92 Å². The second kappa shape index (κ2) is 3.75. The zero-order valence-electron chi connectivity index (χ0n) is 7.78. The van der Waals surface area contributed by atoms with E-state index >= 15 is 0 Å². The van der Waals surface area contributed by atoms with Gasteiger partial charge in [-0.3, -0.25) is 0 Å². The van der Waals surface area contributed by atoms with E-state index in [0.29, 0.717) is 12.5 Å². The molecule has 0 saturated heterocycles. The van der Waals surface area contributed by atoms with Gasteiger partial charge >= 0.3 is 0 Å². The summed E-state index contributed by atoms with van der Waals surface area (Å²) in [5, 5.41) is 0. The summed E-state index contributed by atoms with van der Waals surface area (Å²) in [7, 11) is -2.95. The normalized spacial score (nSPS) is 19.6. The Morgan fingerprint density at radius 2 is 2.00 bits per heavy atom. The zero-order valence-corrected chi connectivity index (χ0v) is 8.60. The molecule has 3 nitrogen and oxygen atoms in total. The molecule has 0 spiro atoms. The molecule has 0 aromatic heterocycles. The number of hydrogen-bond acceptors (Lipinski definition) is 2. The fourth-order valence-corrected chi connectivity index (χ4v) is 2.41. The fraction of sp³-hybridized carbons (Fsp3) is 1.00. The van der Waals surface area contributed by atoms with Crippen LogP contribution in [0.5, 0.6) is 0 Å². The first-order valence-corrected chi connectivity index (χ1v) is 6.34. The SMILES string of the molecule is CCN(CC1CCC1)S(C)(=O)=O. The van der Waals surface area contributed by atoms with E-state index in [9.17, 15) is 8.42 Å². The van der Waals surface area contributed by atoms with Crippen molar-refractivity contribution in [2.45, 2.75) is 26.2 Å². The van der Waals surface area contributed by atoms with Crippen LogP contribution in [0.4, 0.5) is 0 Å². The van der Waals surface area contributed by atoms with Crippen LogP contribution in [0.1, 0.15) is 26.2 Å². The molecule has 1 fully saturated rings. The van der Waals surface area contributed by atoms with E-state index in [1.54, 1.807) is 4.31 Å². The molecular formula is C8H17NO2S. The number of rotatable bonds is 4. The second-order valence-electron chi connectivity index (χ2n) is 3.51. The summed E-state index contributed by atoms with van der Waals surface area (Å²) in [4.78, 5) is 0. The molecule has 0 aromatic rings. The second-order valence-corrected chi connectivity index (χ2v) is 5.49. The van der Waals surface area contributed by atoms with Gasteiger partial charge < -0.3 is 0 Å². The minimum atomic E-state index is -2.95. The summed E-state index contributed by atoms with van der Waals surface area (Å²) in [5.41, 5.74) is 0. The Labute approximate surface area is 74.8 Å². The first-order valence-electron chi connectivity index (χ1n) is 4.49. The van der Waals surface area contributed by atoms with Crippen LogP contribution in [0.15, 0.2) is 0 Å². The van der Waals surface area contributed by atoms with Crippen molar-refractivity contribution in [2.24, 2.45) is 5.92 Å². The first kappa shape index (κ1) is 9.99. The molecule has 1 aliphatic carbocycles. The van der Waals surface area contributed by atoms with E-state index < -0.39 is 10.0 Å². The van der Waals surface area contributed by atoms with E-state index in [2.05, 4.69) is 0 Å². The van der Waals surface area contributed by atoms with Crippen LogP contribution in [0.25, 0.3) is 0 Å². The molecule has 4 heteroatoms. The molecule has 1 saturated carbocycles. The van der Waals surface area contributed by atoms with E-state index in [4.69, 9.17) is 0 Å². The maximum Gasteiger partial charge on any atom is 0.211 e. The minimum absolute atomic E-state index is 0.606. The molecule has 12 heavy (non-hydrogen) atoms. The Balaban J connectivity index is 2.45. The highest BCUT2D eigenvalue weighted by molar-refractivity contribution is 7.88. The molecule has 72 valence electrons. The Morgan fingerprint density at radius 3 is 2.25 bits per heavy atom. The average Bonchev–Trinajstić information content (AvgIpc) is 1.82. The molecule has 1 aliphatic rings. The van der Waals surface area contributed by atoms with E-state index in [1.165, 1.54) is 25.5 Å². The van der Waals surface area contributed by atoms with Crippen LogP contribution in [-0.2, 0) is 10.0 Å². The predicted octanol–water partition coefficient (Wildman–Crippen LogP) is 1.07. The summed E-state index contributed by atoms with van der Waals surface area (Å²) in [6.07, 6.45) is 4.96. The molecule has 0 aliphatic heterocycles. The Kier molecular flexibility index (Phi) is 3.12. The van der Waals surface area contributed by atoms with Crippen molar-refractivity contribution in [1.82, 2.24) is 4.31 Å². The Hall–Kier alpha value is -0.0900. The van der Waals surface area contributed by atoms with Gasteiger partial charge in [0.25, 0.3) is 0 Å². The van der Waals surface area contributed by atoms with Gasteiger partial charge in [0.05, 0.1) is 6.26 Å². The van der Waals surface area contributed by atoms with Gasteiger partial charge in [0.1, 0.15) is 0 Å². The van der Waals surface area contributed by atoms with Gasteiger partial charge in [0.2, 0.25) is 10.0 Å². The van der Waals surface area contributed by atoms with Gasteiger partial charge in [-0.1, -0.05) is 13.3 Å². The van der Waals surface area contributed by atoms with Crippen LogP contribution >= 0.6 is 0 Å². The van der Waals surface area contributed by atoms with Crippen molar-refractivity contribution in [3.63, 3.8) is 0 Å². The predicted molar refractivity (Wildman–Crippen MR) is 49.4 cm³/mol. The summed E-state index contributed by atoms with van der Waals surface area (Å²) in [6.45, 7) is 3.23. The monoisotopic (exact) mass is 191 g/mol. The molecule has 0 unspecified atom stereocenters. The lowest BCUT2D eigenvalue weighted by atomic mass is 9.85. The van der Waals surface area contributed by atoms with Gasteiger partial charge in [-0.25, -0.2) is 12.7 Å². The maximum atomic E-state index is 11.2. The van der Waals surface area contributed by atoms with Crippen LogP contribution < -0.4 is 0 Å². The van der Waals surface area contributed by atoms with Crippen molar-refractivity contribution < 1.29 is 8.42 Å². The lowest BCUT2D eigenvalue weighted by molar-refractivity contribution is 0.250. The molecule has 0 amide bonds. The third-order valence-electron chi connectivity index (χ3n) is 2.51. The molecule has 1 rings (SSSR count). The smallest absolute Gasteiger partial charge is 0.211 e. The minimum Gasteiger partial charge on any atom is -0.213 e. The molecular weight excluding hydrogens is 174 g/mol. The van der Waals surface area contributed by atoms with E-state index in [0.717, 1.165) is 6.54 Å². The van der Waals surface area contributed by atoms with Crippen LogP contribution in [0, 0.1) is 5.92 Å². The van der Waals surface area contributed by atoms with Crippen LogP contribution in [0.2, 0.25) is 0 Å². The highest BCUT2D eigenvalue weighted by Gasteiger charge is 2.23. The summed E-state index contributed by atoms with van der Waals surface area (Å²) < 4.78 is 23.9. The largest absolute Gasteiger partial charge is 0.213 e. The first-order chi connectivity index (χ1) is 5.54. The van der Waals surface area contributed by atoms with Crippen molar-refractivity contribution in [1.29, 1.82) is 0 Å². The number of nitrogens with zero attached hydrogens (tertiary/aromatic N) is 1. The summed E-state index contributed by atoms with van der Waals surface area (Å²) in [6, 6.07) is 0. The van der Waals surface area contributed by atoms with E-state index in [-0.39, 0.29) is 0 Å². The topological polar surface area (TPSA) is 37.4 Å². The van der Waals surface area contributed by atoms with Crippen LogP contribution in [0.3, 0.4) is 0 Å². The van der Waals surface area contributed by atoms with Crippen molar-refractivity contribution in [3.05, 3.63) is 0 Å². The molecule has 0 radical (unpaired) electrons. The van der Waals surface area contributed by atoms with Gasteiger partial charge in [-0.05, 0) is 18.8 Å². The van der Waals surface area contributed by atoms with Gasteiger partial charge in [0.15, 0.2) is 0 Å². The van der Waals surface area contributed by atoms with Crippen LogP contribution in [-0.4, -0.2) is 32.1 Å². The average molecular weight is 191 g/mol. The molecule has 0 heterocycles. The third-order valence-corrected chi connectivity index (χ3v) is 3.85. The van der Waals surface area contributed by atoms with Crippen molar-refractivity contribution in [3.8, 4) is 0 Å². The number of sulfonamides is 1. The Morgan fingerprint density at radius 1 is 1.42 bits per heavy atom. The third kappa shape index (κ3) is 2.45. The maximum absolute atomic E-state index is 11.2. The molecule has 0 N–H and O–H groups in total. The molecule has 0 aromatic carbocycles. The highest BCUT2D eigenvalue weighted by atomic mass is 32.2. The van der Waals surface area contributed by atoms with Gasteiger partial charge in [-0.2, -0.15) is 0 Å². The summed E-state index contributed by atoms with van der Waals surface area (Å²) >= 11 is 0. The summed E-state index contributed by atoms with van der Waals surface area (Å²) in [5.74, 6) is 0.625. The lowest BCUT2D eigenvalue weighted by Crippen LogP contribution is -2.36.